The van der Waals surface area contributed by atoms with Gasteiger partial charge in [0.25, 0.3) is 0 Å². The molecule has 96 valence electrons. The zero-order chi connectivity index (χ0) is 12.6. The Morgan fingerprint density at radius 3 is 2.71 bits per heavy atom. The van der Waals surface area contributed by atoms with Gasteiger partial charge >= 0.3 is 0 Å². The van der Waals surface area contributed by atoms with Crippen molar-refractivity contribution in [2.75, 3.05) is 6.54 Å². The number of nitrogens with zero attached hydrogens (tertiary/aromatic N) is 2. The fourth-order valence-corrected chi connectivity index (χ4v) is 2.48. The van der Waals surface area contributed by atoms with Crippen LogP contribution in [0.15, 0.2) is 4.42 Å². The normalized spacial score (nSPS) is 30.8. The molecule has 4 heteroatoms. The molecule has 1 aliphatic rings. The maximum Gasteiger partial charge on any atom is 0.208 e. The summed E-state index contributed by atoms with van der Waals surface area (Å²) in [5.41, 5.74) is 7.08. The van der Waals surface area contributed by atoms with Gasteiger partial charge in [0.1, 0.15) is 5.76 Å². The molecule has 1 aromatic rings. The van der Waals surface area contributed by atoms with Gasteiger partial charge < -0.3 is 10.2 Å². The lowest BCUT2D eigenvalue weighted by molar-refractivity contribution is 0.0822. The quantitative estimate of drug-likeness (QED) is 0.853. The average Bonchev–Trinajstić information content (AvgIpc) is 2.59. The lowest BCUT2D eigenvalue weighted by Gasteiger charge is -2.40. The van der Waals surface area contributed by atoms with Crippen molar-refractivity contribution in [2.45, 2.75) is 52.7 Å². The van der Waals surface area contributed by atoms with E-state index in [0.717, 1.165) is 36.9 Å². The molecule has 0 aliphatic carbocycles. The SMILES string of the molecule is Cc1nc(CN2CCC(N)C(C)C2C)oc1C. The van der Waals surface area contributed by atoms with E-state index >= 15 is 0 Å². The molecule has 0 amide bonds. The van der Waals surface area contributed by atoms with Crippen LogP contribution in [0.1, 0.15) is 37.6 Å². The van der Waals surface area contributed by atoms with Gasteiger partial charge in [0, 0.05) is 18.6 Å². The zero-order valence-corrected chi connectivity index (χ0v) is 11.2. The first-order valence-electron chi connectivity index (χ1n) is 6.41. The summed E-state index contributed by atoms with van der Waals surface area (Å²) in [5, 5.41) is 0. The van der Waals surface area contributed by atoms with Crippen molar-refractivity contribution in [3.8, 4) is 0 Å². The Morgan fingerprint density at radius 2 is 2.12 bits per heavy atom. The molecule has 0 aromatic carbocycles. The van der Waals surface area contributed by atoms with E-state index in [-0.39, 0.29) is 0 Å². The molecule has 1 fully saturated rings. The Labute approximate surface area is 103 Å². The lowest BCUT2D eigenvalue weighted by Crippen LogP contribution is -2.51. The number of hydrogen-bond donors (Lipinski definition) is 1. The van der Waals surface area contributed by atoms with Crippen LogP contribution >= 0.6 is 0 Å². The van der Waals surface area contributed by atoms with Crippen LogP contribution in [0, 0.1) is 19.8 Å². The summed E-state index contributed by atoms with van der Waals surface area (Å²) < 4.78 is 5.64. The van der Waals surface area contributed by atoms with Crippen LogP contribution < -0.4 is 5.73 Å². The largest absolute Gasteiger partial charge is 0.444 e. The van der Waals surface area contributed by atoms with E-state index in [9.17, 15) is 0 Å². The van der Waals surface area contributed by atoms with E-state index in [1.165, 1.54) is 0 Å². The minimum Gasteiger partial charge on any atom is -0.444 e. The van der Waals surface area contributed by atoms with Gasteiger partial charge in [-0.15, -0.1) is 0 Å². The van der Waals surface area contributed by atoms with Gasteiger partial charge in [0.05, 0.1) is 12.2 Å². The summed E-state index contributed by atoms with van der Waals surface area (Å²) in [7, 11) is 0. The van der Waals surface area contributed by atoms with Crippen molar-refractivity contribution in [2.24, 2.45) is 11.7 Å². The topological polar surface area (TPSA) is 55.3 Å². The molecular weight excluding hydrogens is 214 g/mol. The molecule has 2 N–H and O–H groups in total. The minimum atomic E-state index is 0.328. The van der Waals surface area contributed by atoms with Crippen LogP contribution in [0.5, 0.6) is 0 Å². The highest BCUT2D eigenvalue weighted by molar-refractivity contribution is 5.05. The third-order valence-electron chi connectivity index (χ3n) is 4.17. The van der Waals surface area contributed by atoms with Gasteiger partial charge in [0.2, 0.25) is 5.89 Å². The average molecular weight is 237 g/mol. The number of likely N-dealkylation sites (tertiary alicyclic amines) is 1. The first-order chi connectivity index (χ1) is 7.99. The van der Waals surface area contributed by atoms with Crippen molar-refractivity contribution in [1.82, 2.24) is 9.88 Å². The minimum absolute atomic E-state index is 0.328. The van der Waals surface area contributed by atoms with Crippen molar-refractivity contribution in [3.63, 3.8) is 0 Å². The molecule has 0 bridgehead atoms. The highest BCUT2D eigenvalue weighted by Gasteiger charge is 2.30. The first-order valence-corrected chi connectivity index (χ1v) is 6.41. The number of aryl methyl sites for hydroxylation is 2. The number of piperidine rings is 1. The van der Waals surface area contributed by atoms with Gasteiger partial charge in [-0.25, -0.2) is 4.98 Å². The molecule has 3 atom stereocenters. The molecule has 1 saturated heterocycles. The highest BCUT2D eigenvalue weighted by Crippen LogP contribution is 2.24. The highest BCUT2D eigenvalue weighted by atomic mass is 16.4. The summed E-state index contributed by atoms with van der Waals surface area (Å²) in [5.74, 6) is 2.28. The molecule has 2 rings (SSSR count). The monoisotopic (exact) mass is 237 g/mol. The maximum absolute atomic E-state index is 6.09. The maximum atomic E-state index is 6.09. The van der Waals surface area contributed by atoms with Crippen molar-refractivity contribution in [1.29, 1.82) is 0 Å². The Hall–Kier alpha value is -0.870. The van der Waals surface area contributed by atoms with Gasteiger partial charge in [-0.3, -0.25) is 4.90 Å². The van der Waals surface area contributed by atoms with Crippen LogP contribution in [0.3, 0.4) is 0 Å². The fourth-order valence-electron chi connectivity index (χ4n) is 2.48. The Bertz CT molecular complexity index is 369. The summed E-state index contributed by atoms with van der Waals surface area (Å²) in [4.78, 5) is 6.86. The van der Waals surface area contributed by atoms with Gasteiger partial charge in [-0.05, 0) is 33.1 Å². The molecule has 1 aromatic heterocycles. The number of hydrogen-bond acceptors (Lipinski definition) is 4. The smallest absolute Gasteiger partial charge is 0.208 e. The molecule has 0 saturated carbocycles. The molecule has 0 radical (unpaired) electrons. The van der Waals surface area contributed by atoms with Crippen LogP contribution in [0.25, 0.3) is 0 Å². The second-order valence-electron chi connectivity index (χ2n) is 5.27. The van der Waals surface area contributed by atoms with Crippen molar-refractivity contribution in [3.05, 3.63) is 17.3 Å². The van der Waals surface area contributed by atoms with Crippen molar-refractivity contribution >= 4 is 0 Å². The van der Waals surface area contributed by atoms with E-state index < -0.39 is 0 Å². The molecule has 0 spiro atoms. The van der Waals surface area contributed by atoms with Crippen LogP contribution in [-0.2, 0) is 6.54 Å². The molecule has 3 unspecified atom stereocenters. The van der Waals surface area contributed by atoms with Crippen LogP contribution in [0.2, 0.25) is 0 Å². The summed E-state index contributed by atoms with van der Waals surface area (Å²) in [6.45, 7) is 10.3. The Balaban J connectivity index is 2.04. The van der Waals surface area contributed by atoms with E-state index in [4.69, 9.17) is 10.2 Å². The Morgan fingerprint density at radius 1 is 1.41 bits per heavy atom. The number of nitrogens with two attached hydrogens (primary N) is 1. The van der Waals surface area contributed by atoms with E-state index in [1.807, 2.05) is 13.8 Å². The van der Waals surface area contributed by atoms with Gasteiger partial charge in [-0.1, -0.05) is 6.92 Å². The molecular formula is C13H23N3O. The molecule has 1 aliphatic heterocycles. The van der Waals surface area contributed by atoms with E-state index in [0.29, 0.717) is 18.0 Å². The Kier molecular flexibility index (Phi) is 3.54. The van der Waals surface area contributed by atoms with E-state index in [2.05, 4.69) is 23.7 Å². The second kappa shape index (κ2) is 4.78. The third kappa shape index (κ3) is 2.53. The molecule has 2 heterocycles. The van der Waals surface area contributed by atoms with Crippen molar-refractivity contribution < 1.29 is 4.42 Å². The molecule has 4 nitrogen and oxygen atoms in total. The predicted octanol–water partition coefficient (Wildman–Crippen LogP) is 1.85. The predicted molar refractivity (Wildman–Crippen MR) is 67.6 cm³/mol. The van der Waals surface area contributed by atoms with Gasteiger partial charge in [-0.2, -0.15) is 0 Å². The summed E-state index contributed by atoms with van der Waals surface area (Å²) >= 11 is 0. The zero-order valence-electron chi connectivity index (χ0n) is 11.2. The van der Waals surface area contributed by atoms with Gasteiger partial charge in [0.15, 0.2) is 0 Å². The second-order valence-corrected chi connectivity index (χ2v) is 5.27. The number of oxazole rings is 1. The summed E-state index contributed by atoms with van der Waals surface area (Å²) in [6.07, 6.45) is 1.06. The first kappa shape index (κ1) is 12.6. The fraction of sp³-hybridized carbons (Fsp3) is 0.769. The number of aromatic nitrogens is 1. The standard InChI is InChI=1S/C13H23N3O/c1-8-10(3)16(6-5-12(8)14)7-13-15-9(2)11(4)17-13/h8,10,12H,5-7,14H2,1-4H3. The lowest BCUT2D eigenvalue weighted by atomic mass is 9.88. The van der Waals surface area contributed by atoms with E-state index in [1.54, 1.807) is 0 Å². The summed E-state index contributed by atoms with van der Waals surface area (Å²) in [6, 6.07) is 0.820. The third-order valence-corrected chi connectivity index (χ3v) is 4.17. The van der Waals surface area contributed by atoms with Crippen LogP contribution in [0.4, 0.5) is 0 Å². The molecule has 17 heavy (non-hydrogen) atoms. The number of rotatable bonds is 2. The van der Waals surface area contributed by atoms with Crippen LogP contribution in [-0.4, -0.2) is 28.5 Å².